The number of aromatic nitrogens is 1. The summed E-state index contributed by atoms with van der Waals surface area (Å²) in [5.41, 5.74) is 4.60. The largest absolute Gasteiger partial charge is 0.586 e. The monoisotopic (exact) mass is 661 g/mol. The first-order valence-electron chi connectivity index (χ1n) is 13.3. The molecule has 1 saturated heterocycles. The highest BCUT2D eigenvalue weighted by Gasteiger charge is 2.66. The van der Waals surface area contributed by atoms with Gasteiger partial charge >= 0.3 is 30.4 Å². The summed E-state index contributed by atoms with van der Waals surface area (Å²) in [5, 5.41) is 22.4. The highest BCUT2D eigenvalue weighted by atomic mass is 19.4. The number of nitrogens with one attached hydrogen (secondary N) is 2. The Balaban J connectivity index is 0.000000738. The number of carboxylic acid groups (broad SMARTS) is 2. The van der Waals surface area contributed by atoms with E-state index in [1.165, 1.54) is 37.4 Å². The molecule has 0 bridgehead atoms. The molecule has 0 spiro atoms. The Morgan fingerprint density at radius 2 is 1.70 bits per heavy atom. The van der Waals surface area contributed by atoms with Gasteiger partial charge in [0.05, 0.1) is 18.0 Å². The number of ether oxygens (including phenoxy) is 2. The number of carboxylic acids is 2. The molecule has 4 amide bonds. The molecule has 1 fully saturated rings. The van der Waals surface area contributed by atoms with E-state index >= 15 is 0 Å². The van der Waals surface area contributed by atoms with Crippen LogP contribution >= 0.6 is 0 Å². The van der Waals surface area contributed by atoms with Crippen LogP contribution in [0.25, 0.3) is 0 Å². The number of hydrogen-bond acceptors (Lipinski definition) is 9. The maximum absolute atomic E-state index is 13.3. The minimum Gasteiger partial charge on any atom is -0.479 e. The van der Waals surface area contributed by atoms with Crippen LogP contribution in [0.3, 0.4) is 0 Å². The first-order valence-corrected chi connectivity index (χ1v) is 13.3. The van der Waals surface area contributed by atoms with E-state index in [0.29, 0.717) is 16.0 Å². The summed E-state index contributed by atoms with van der Waals surface area (Å²) in [6, 6.07) is 4.50. The number of hydrogen-bond donors (Lipinski definition) is 5. The molecule has 2 aromatic rings. The summed E-state index contributed by atoms with van der Waals surface area (Å²) >= 11 is 0. The van der Waals surface area contributed by atoms with Crippen molar-refractivity contribution in [1.29, 1.82) is 0 Å². The lowest BCUT2D eigenvalue weighted by Gasteiger charge is -2.53. The van der Waals surface area contributed by atoms with Crippen molar-refractivity contribution >= 4 is 35.6 Å². The van der Waals surface area contributed by atoms with E-state index < -0.39 is 65.8 Å². The van der Waals surface area contributed by atoms with Crippen molar-refractivity contribution < 1.29 is 65.6 Å². The van der Waals surface area contributed by atoms with E-state index in [2.05, 4.69) is 25.1 Å². The fraction of sp³-hybridized carbons (Fsp3) is 0.407. The summed E-state index contributed by atoms with van der Waals surface area (Å²) < 4.78 is 67.2. The summed E-state index contributed by atoms with van der Waals surface area (Å²) in [7, 11) is 0. The average Bonchev–Trinajstić information content (AvgIpc) is 3.26. The van der Waals surface area contributed by atoms with Gasteiger partial charge in [-0.1, -0.05) is 13.0 Å². The highest BCUT2D eigenvalue weighted by molar-refractivity contribution is 6.10. The van der Waals surface area contributed by atoms with Crippen LogP contribution < -0.4 is 25.8 Å². The van der Waals surface area contributed by atoms with Crippen molar-refractivity contribution in [2.24, 2.45) is 11.7 Å². The number of halogens is 5. The zero-order chi connectivity index (χ0) is 34.8. The minimum absolute atomic E-state index is 0.0295. The number of benzene rings is 1. The lowest BCUT2D eigenvalue weighted by molar-refractivity contribution is -0.286. The normalized spacial score (nSPS) is 20.8. The van der Waals surface area contributed by atoms with Gasteiger partial charge in [-0.25, -0.2) is 24.3 Å². The molecule has 0 saturated carbocycles. The number of amides is 4. The quantitative estimate of drug-likeness (QED) is 0.205. The maximum Gasteiger partial charge on any atom is 0.586 e. The van der Waals surface area contributed by atoms with Crippen molar-refractivity contribution in [3.8, 4) is 11.5 Å². The number of urea groups is 1. The van der Waals surface area contributed by atoms with Crippen molar-refractivity contribution in [2.75, 3.05) is 5.32 Å². The molecule has 250 valence electrons. The van der Waals surface area contributed by atoms with Crippen LogP contribution in [0, 0.1) is 5.92 Å². The predicted octanol–water partition coefficient (Wildman–Crippen LogP) is 3.03. The van der Waals surface area contributed by atoms with E-state index in [1.807, 2.05) is 0 Å². The fourth-order valence-electron chi connectivity index (χ4n) is 4.70. The van der Waals surface area contributed by atoms with Crippen molar-refractivity contribution in [1.82, 2.24) is 15.2 Å². The van der Waals surface area contributed by atoms with E-state index in [9.17, 15) is 46.2 Å². The molecule has 1 aromatic carbocycles. The molecule has 0 radical (unpaired) electrons. The van der Waals surface area contributed by atoms with Crippen molar-refractivity contribution in [2.45, 2.75) is 63.7 Å². The summed E-state index contributed by atoms with van der Waals surface area (Å²) in [6.45, 7) is 4.59. The first kappa shape index (κ1) is 35.4. The number of carbonyl (C=O) groups is 5. The van der Waals surface area contributed by atoms with E-state index in [1.54, 1.807) is 19.9 Å². The van der Waals surface area contributed by atoms with Crippen LogP contribution in [-0.4, -0.2) is 73.9 Å². The zero-order valence-electron chi connectivity index (χ0n) is 24.2. The van der Waals surface area contributed by atoms with Crippen molar-refractivity contribution in [3.05, 3.63) is 47.7 Å². The zero-order valence-corrected chi connectivity index (χ0v) is 24.2. The lowest BCUT2D eigenvalue weighted by atomic mass is 9.68. The number of alkyl halides is 5. The standard InChI is InChI=1S/C25H27F2N5O7.C2HF3O2/c1-4-24(22(35)36)16(9-14-7-8-29-19(10-14)31-20(33)12(2)28)21(34)32(24)23(37)30-13(3)15-5-6-17-18(11-15)39-25(26,27)38-17;3-2(4,5)1(6)7/h5-8,10-13,16H,4,9,28H2,1-3H3,(H,30,37)(H,35,36)(H,29,31,33);(H,6,7)/t12-,13+,16-,24-;/m0./s1. The number of β-lactam (4-membered cyclic amide) rings is 1. The Bertz CT molecular complexity index is 1540. The average molecular weight is 662 g/mol. The van der Waals surface area contributed by atoms with Crippen molar-refractivity contribution in [3.63, 3.8) is 0 Å². The molecule has 6 N–H and O–H groups in total. The van der Waals surface area contributed by atoms with E-state index in [-0.39, 0.29) is 30.2 Å². The highest BCUT2D eigenvalue weighted by Crippen LogP contribution is 2.44. The van der Waals surface area contributed by atoms with Gasteiger partial charge in [0.25, 0.3) is 0 Å². The second-order valence-corrected chi connectivity index (χ2v) is 10.2. The summed E-state index contributed by atoms with van der Waals surface area (Å²) in [5.74, 6) is -6.57. The number of pyridine rings is 1. The molecule has 4 rings (SSSR count). The smallest absolute Gasteiger partial charge is 0.479 e. The van der Waals surface area contributed by atoms with Gasteiger partial charge < -0.3 is 36.1 Å². The third kappa shape index (κ3) is 7.41. The number of imide groups is 1. The number of carbonyl (C=O) groups excluding carboxylic acids is 3. The van der Waals surface area contributed by atoms with Gasteiger partial charge in [-0.15, -0.1) is 8.78 Å². The molecule has 19 heteroatoms. The van der Waals surface area contributed by atoms with Crippen LogP contribution in [0.5, 0.6) is 11.5 Å². The SMILES string of the molecule is CC[C@@]1(C(=O)O)[C@@H](Cc2ccnc(NC(=O)[C@H](C)N)c2)C(=O)N1C(=O)N[C@H](C)c1ccc2c(c1)OC(F)(F)O2.O=C(O)C(F)(F)F. The summed E-state index contributed by atoms with van der Waals surface area (Å²) in [4.78, 5) is 64.3. The Kier molecular flexibility index (Phi) is 10.1. The Morgan fingerprint density at radius 3 is 2.24 bits per heavy atom. The molecule has 3 heterocycles. The third-order valence-electron chi connectivity index (χ3n) is 7.04. The topological polar surface area (TPSA) is 210 Å². The number of nitrogens with two attached hydrogens (primary N) is 1. The summed E-state index contributed by atoms with van der Waals surface area (Å²) in [6.07, 6.45) is -7.59. The Morgan fingerprint density at radius 1 is 1.09 bits per heavy atom. The van der Waals surface area contributed by atoms with Gasteiger partial charge in [0.2, 0.25) is 11.8 Å². The maximum atomic E-state index is 13.3. The third-order valence-corrected chi connectivity index (χ3v) is 7.04. The molecule has 14 nitrogen and oxygen atoms in total. The molecule has 46 heavy (non-hydrogen) atoms. The minimum atomic E-state index is -5.08. The van der Waals surface area contributed by atoms with E-state index in [4.69, 9.17) is 15.6 Å². The number of fused-ring (bicyclic) bond motifs is 1. The van der Waals surface area contributed by atoms with Crippen LogP contribution in [0.1, 0.15) is 44.4 Å². The molecule has 2 aliphatic heterocycles. The van der Waals surface area contributed by atoms with Gasteiger partial charge in [-0.2, -0.15) is 13.2 Å². The number of aliphatic carboxylic acids is 2. The van der Waals surface area contributed by atoms with Gasteiger partial charge in [0.15, 0.2) is 17.0 Å². The first-order chi connectivity index (χ1) is 21.2. The molecular formula is C27H28F5N5O9. The number of likely N-dealkylation sites (tertiary alicyclic amines) is 1. The predicted molar refractivity (Wildman–Crippen MR) is 144 cm³/mol. The van der Waals surface area contributed by atoms with Gasteiger partial charge in [-0.3, -0.25) is 9.59 Å². The van der Waals surface area contributed by atoms with Gasteiger partial charge in [-0.05, 0) is 62.1 Å². The fourth-order valence-corrected chi connectivity index (χ4v) is 4.70. The molecule has 2 aliphatic rings. The number of anilines is 1. The van der Waals surface area contributed by atoms with Gasteiger partial charge in [0.1, 0.15) is 5.82 Å². The van der Waals surface area contributed by atoms with Crippen LogP contribution in [0.2, 0.25) is 0 Å². The molecule has 4 atom stereocenters. The van der Waals surface area contributed by atoms with Gasteiger partial charge in [0, 0.05) is 6.20 Å². The van der Waals surface area contributed by atoms with Crippen LogP contribution in [-0.2, 0) is 25.6 Å². The second-order valence-electron chi connectivity index (χ2n) is 10.2. The molecular weight excluding hydrogens is 633 g/mol. The van der Waals surface area contributed by atoms with Crippen LogP contribution in [0.4, 0.5) is 32.6 Å². The second kappa shape index (κ2) is 13.1. The molecule has 1 aromatic heterocycles. The Hall–Kier alpha value is -5.07. The molecule has 0 aliphatic carbocycles. The lowest BCUT2D eigenvalue weighted by Crippen LogP contribution is -2.77. The number of nitrogens with zero attached hydrogens (tertiary/aromatic N) is 2. The van der Waals surface area contributed by atoms with Crippen LogP contribution in [0.15, 0.2) is 36.5 Å². The Labute approximate surface area is 256 Å². The number of rotatable bonds is 8. The molecule has 0 unspecified atom stereocenters. The van der Waals surface area contributed by atoms with E-state index in [0.717, 1.165) is 0 Å².